The first-order chi connectivity index (χ1) is 15.6. The Labute approximate surface area is 184 Å². The standard InChI is InChI=1S/C25H21NO6/c1-2-15-5-8-17(9-6-15)26-22(19-4-3-11-30-19)21(24(28)25(26)29)23(27)16-7-10-18-20(14-16)32-13-12-31-18/h3-11,14,22,27H,2,12-13H2,1H3/b23-21-. The fourth-order valence-electron chi connectivity index (χ4n) is 4.05. The summed E-state index contributed by atoms with van der Waals surface area (Å²) in [5, 5.41) is 11.2. The number of nitrogens with zero attached hydrogens (tertiary/aromatic N) is 1. The lowest BCUT2D eigenvalue weighted by atomic mass is 9.98. The number of ether oxygens (including phenoxy) is 2. The summed E-state index contributed by atoms with van der Waals surface area (Å²) in [7, 11) is 0. The van der Waals surface area contributed by atoms with Gasteiger partial charge in [-0.3, -0.25) is 14.5 Å². The van der Waals surface area contributed by atoms with Crippen molar-refractivity contribution < 1.29 is 28.6 Å². The number of aryl methyl sites for hydroxylation is 1. The van der Waals surface area contributed by atoms with Gasteiger partial charge in [0.2, 0.25) is 0 Å². The predicted molar refractivity (Wildman–Crippen MR) is 117 cm³/mol. The molecule has 5 rings (SSSR count). The molecule has 0 saturated carbocycles. The van der Waals surface area contributed by atoms with E-state index in [0.29, 0.717) is 41.7 Å². The number of carbonyl (C=O) groups is 2. The van der Waals surface area contributed by atoms with Gasteiger partial charge in [-0.2, -0.15) is 0 Å². The zero-order valence-electron chi connectivity index (χ0n) is 17.4. The molecule has 0 spiro atoms. The molecule has 3 heterocycles. The fraction of sp³-hybridized carbons (Fsp3) is 0.200. The van der Waals surface area contributed by atoms with Crippen molar-refractivity contribution in [3.05, 3.63) is 83.3 Å². The zero-order chi connectivity index (χ0) is 22.2. The van der Waals surface area contributed by atoms with Gasteiger partial charge in [-0.1, -0.05) is 19.1 Å². The number of rotatable bonds is 4. The van der Waals surface area contributed by atoms with Crippen LogP contribution >= 0.6 is 0 Å². The molecule has 1 saturated heterocycles. The molecular weight excluding hydrogens is 410 g/mol. The fourth-order valence-corrected chi connectivity index (χ4v) is 4.05. The minimum Gasteiger partial charge on any atom is -0.507 e. The lowest BCUT2D eigenvalue weighted by Crippen LogP contribution is -2.29. The molecule has 1 N–H and O–H groups in total. The lowest BCUT2D eigenvalue weighted by Gasteiger charge is -2.23. The molecule has 2 aromatic carbocycles. The topological polar surface area (TPSA) is 89.2 Å². The number of anilines is 1. The summed E-state index contributed by atoms with van der Waals surface area (Å²) in [6.07, 6.45) is 2.32. The number of fused-ring (bicyclic) bond motifs is 1. The number of benzene rings is 2. The van der Waals surface area contributed by atoms with Crippen LogP contribution in [0, 0.1) is 0 Å². The van der Waals surface area contributed by atoms with Crippen molar-refractivity contribution in [3.63, 3.8) is 0 Å². The SMILES string of the molecule is CCc1ccc(N2C(=O)C(=O)/C(=C(\O)c3ccc4c(c3)OCCO4)C2c2ccco2)cc1. The third kappa shape index (κ3) is 3.22. The van der Waals surface area contributed by atoms with Crippen LogP contribution in [0.25, 0.3) is 5.76 Å². The van der Waals surface area contributed by atoms with E-state index in [9.17, 15) is 14.7 Å². The number of hydrogen-bond acceptors (Lipinski definition) is 6. The van der Waals surface area contributed by atoms with Gasteiger partial charge in [0.25, 0.3) is 11.7 Å². The van der Waals surface area contributed by atoms with Gasteiger partial charge in [-0.25, -0.2) is 0 Å². The maximum atomic E-state index is 13.1. The molecule has 2 aliphatic rings. The Balaban J connectivity index is 1.65. The van der Waals surface area contributed by atoms with Crippen molar-refractivity contribution >= 4 is 23.1 Å². The summed E-state index contributed by atoms with van der Waals surface area (Å²) in [6.45, 7) is 2.87. The van der Waals surface area contributed by atoms with E-state index in [2.05, 4.69) is 0 Å². The van der Waals surface area contributed by atoms with Crippen LogP contribution in [0.5, 0.6) is 11.5 Å². The molecular formula is C25H21NO6. The van der Waals surface area contributed by atoms with Crippen molar-refractivity contribution in [2.45, 2.75) is 19.4 Å². The summed E-state index contributed by atoms with van der Waals surface area (Å²) >= 11 is 0. The molecule has 1 atom stereocenters. The first kappa shape index (κ1) is 19.9. The van der Waals surface area contributed by atoms with Crippen LogP contribution in [0.4, 0.5) is 5.69 Å². The number of aliphatic hydroxyl groups excluding tert-OH is 1. The van der Waals surface area contributed by atoms with E-state index < -0.39 is 17.7 Å². The minimum absolute atomic E-state index is 0.0406. The Morgan fingerprint density at radius 1 is 1.03 bits per heavy atom. The summed E-state index contributed by atoms with van der Waals surface area (Å²) < 4.78 is 16.7. The van der Waals surface area contributed by atoms with E-state index in [0.717, 1.165) is 12.0 Å². The second-order valence-electron chi connectivity index (χ2n) is 7.56. The maximum Gasteiger partial charge on any atom is 0.300 e. The molecule has 1 aromatic heterocycles. The molecule has 0 bridgehead atoms. The highest BCUT2D eigenvalue weighted by Gasteiger charge is 2.48. The number of furan rings is 1. The van der Waals surface area contributed by atoms with Gasteiger partial charge in [0.1, 0.15) is 30.8 Å². The van der Waals surface area contributed by atoms with Crippen LogP contribution in [-0.4, -0.2) is 30.0 Å². The molecule has 1 amide bonds. The number of aliphatic hydroxyl groups is 1. The van der Waals surface area contributed by atoms with Gasteiger partial charge < -0.3 is 19.0 Å². The van der Waals surface area contributed by atoms with E-state index in [1.54, 1.807) is 42.5 Å². The molecule has 0 aliphatic carbocycles. The van der Waals surface area contributed by atoms with Gasteiger partial charge in [-0.15, -0.1) is 0 Å². The Morgan fingerprint density at radius 3 is 2.47 bits per heavy atom. The highest BCUT2D eigenvalue weighted by atomic mass is 16.6. The third-order valence-electron chi connectivity index (χ3n) is 5.70. The first-order valence-corrected chi connectivity index (χ1v) is 10.4. The third-order valence-corrected chi connectivity index (χ3v) is 5.70. The molecule has 0 radical (unpaired) electrons. The quantitative estimate of drug-likeness (QED) is 0.378. The molecule has 7 nitrogen and oxygen atoms in total. The predicted octanol–water partition coefficient (Wildman–Crippen LogP) is 4.24. The Bertz CT molecular complexity index is 1210. The Kier molecular flexibility index (Phi) is 4.93. The van der Waals surface area contributed by atoms with Gasteiger partial charge in [-0.05, 0) is 54.4 Å². The van der Waals surface area contributed by atoms with Crippen LogP contribution in [0.2, 0.25) is 0 Å². The first-order valence-electron chi connectivity index (χ1n) is 10.4. The summed E-state index contributed by atoms with van der Waals surface area (Å²) in [5.74, 6) is -0.392. The molecule has 2 aliphatic heterocycles. The largest absolute Gasteiger partial charge is 0.507 e. The van der Waals surface area contributed by atoms with E-state index >= 15 is 0 Å². The second kappa shape index (κ2) is 7.92. The van der Waals surface area contributed by atoms with Crippen molar-refractivity contribution in [1.29, 1.82) is 0 Å². The summed E-state index contributed by atoms with van der Waals surface area (Å²) in [5.41, 5.74) is 1.97. The Morgan fingerprint density at radius 2 is 1.78 bits per heavy atom. The van der Waals surface area contributed by atoms with Gasteiger partial charge >= 0.3 is 0 Å². The highest BCUT2D eigenvalue weighted by molar-refractivity contribution is 6.51. The monoisotopic (exact) mass is 431 g/mol. The number of Topliss-reactive ketones (excluding diaryl/α,β-unsaturated/α-hetero) is 1. The average molecular weight is 431 g/mol. The summed E-state index contributed by atoms with van der Waals surface area (Å²) in [4.78, 5) is 27.6. The molecule has 1 unspecified atom stereocenters. The van der Waals surface area contributed by atoms with Crippen molar-refractivity contribution in [3.8, 4) is 11.5 Å². The van der Waals surface area contributed by atoms with E-state index in [-0.39, 0.29) is 11.3 Å². The zero-order valence-corrected chi connectivity index (χ0v) is 17.4. The van der Waals surface area contributed by atoms with E-state index in [1.807, 2.05) is 19.1 Å². The van der Waals surface area contributed by atoms with Crippen LogP contribution in [-0.2, 0) is 16.0 Å². The van der Waals surface area contributed by atoms with Gasteiger partial charge in [0.05, 0.1) is 11.8 Å². The number of amides is 1. The van der Waals surface area contributed by atoms with Crippen LogP contribution in [0.15, 0.2) is 70.9 Å². The average Bonchev–Trinajstić information content (AvgIpc) is 3.45. The van der Waals surface area contributed by atoms with Crippen LogP contribution < -0.4 is 14.4 Å². The maximum absolute atomic E-state index is 13.1. The minimum atomic E-state index is -0.898. The van der Waals surface area contributed by atoms with Crippen molar-refractivity contribution in [2.75, 3.05) is 18.1 Å². The van der Waals surface area contributed by atoms with E-state index in [4.69, 9.17) is 13.9 Å². The lowest BCUT2D eigenvalue weighted by molar-refractivity contribution is -0.132. The molecule has 3 aromatic rings. The van der Waals surface area contributed by atoms with Gasteiger partial charge in [0, 0.05) is 11.3 Å². The number of ketones is 1. The normalized spacial score (nSPS) is 19.4. The number of hydrogen-bond donors (Lipinski definition) is 1. The molecule has 32 heavy (non-hydrogen) atoms. The summed E-state index contributed by atoms with van der Waals surface area (Å²) in [6, 6.07) is 14.8. The van der Waals surface area contributed by atoms with Crippen LogP contribution in [0.3, 0.4) is 0 Å². The van der Waals surface area contributed by atoms with E-state index in [1.165, 1.54) is 11.2 Å². The molecule has 7 heteroatoms. The van der Waals surface area contributed by atoms with Gasteiger partial charge in [0.15, 0.2) is 11.5 Å². The Hall–Kier alpha value is -4.00. The van der Waals surface area contributed by atoms with Crippen molar-refractivity contribution in [2.24, 2.45) is 0 Å². The van der Waals surface area contributed by atoms with Crippen molar-refractivity contribution in [1.82, 2.24) is 0 Å². The smallest absolute Gasteiger partial charge is 0.300 e. The second-order valence-corrected chi connectivity index (χ2v) is 7.56. The highest BCUT2D eigenvalue weighted by Crippen LogP contribution is 2.43. The van der Waals surface area contributed by atoms with Crippen LogP contribution in [0.1, 0.15) is 29.9 Å². The molecule has 162 valence electrons. The molecule has 1 fully saturated rings. The number of carbonyl (C=O) groups excluding carboxylic acids is 2.